The number of benzene rings is 2. The van der Waals surface area contributed by atoms with E-state index < -0.39 is 18.5 Å². The van der Waals surface area contributed by atoms with E-state index in [2.05, 4.69) is 10.6 Å². The molecular weight excluding hydrogens is 427 g/mol. The highest BCUT2D eigenvalue weighted by Gasteiger charge is 2.12. The molecule has 2 aromatic rings. The maximum atomic E-state index is 11.9. The monoisotopic (exact) mass is 442 g/mol. The first-order valence-electron chi connectivity index (χ1n) is 8.30. The number of halogens is 3. The highest BCUT2D eigenvalue weighted by Crippen LogP contribution is 2.29. The van der Waals surface area contributed by atoms with Crippen LogP contribution in [0.4, 0.5) is 11.4 Å². The number of carbonyl (C=O) groups excluding carboxylic acids is 3. The topological polar surface area (TPSA) is 84.5 Å². The molecule has 9 heteroatoms. The number of anilines is 2. The third-order valence-electron chi connectivity index (χ3n) is 3.52. The van der Waals surface area contributed by atoms with Gasteiger partial charge in [0.25, 0.3) is 5.91 Å². The summed E-state index contributed by atoms with van der Waals surface area (Å²) >= 11 is 17.8. The Morgan fingerprint density at radius 3 is 2.18 bits per heavy atom. The number of hydrogen-bond acceptors (Lipinski definition) is 4. The average molecular weight is 444 g/mol. The van der Waals surface area contributed by atoms with Crippen LogP contribution in [0.1, 0.15) is 19.3 Å². The third kappa shape index (κ3) is 7.03. The number of amides is 2. The molecule has 2 aromatic carbocycles. The number of carbonyl (C=O) groups is 3. The molecule has 2 amide bonds. The summed E-state index contributed by atoms with van der Waals surface area (Å²) < 4.78 is 4.89. The van der Waals surface area contributed by atoms with Crippen LogP contribution in [-0.4, -0.2) is 24.4 Å². The molecule has 6 nitrogen and oxygen atoms in total. The van der Waals surface area contributed by atoms with Crippen LogP contribution in [0.2, 0.25) is 15.1 Å². The summed E-state index contributed by atoms with van der Waals surface area (Å²) in [5.41, 5.74) is 0.833. The first-order chi connectivity index (χ1) is 13.4. The molecule has 2 rings (SSSR count). The Bertz CT molecular complexity index is 874. The number of nitrogens with one attached hydrogen (secondary N) is 2. The van der Waals surface area contributed by atoms with Crippen LogP contribution in [-0.2, 0) is 19.1 Å². The van der Waals surface area contributed by atoms with Gasteiger partial charge in [0.15, 0.2) is 6.61 Å². The summed E-state index contributed by atoms with van der Waals surface area (Å²) in [6.45, 7) is -0.465. The van der Waals surface area contributed by atoms with Crippen LogP contribution in [0.5, 0.6) is 0 Å². The summed E-state index contributed by atoms with van der Waals surface area (Å²) in [6, 6.07) is 11.6. The van der Waals surface area contributed by atoms with Crippen molar-refractivity contribution in [3.63, 3.8) is 0 Å². The molecule has 28 heavy (non-hydrogen) atoms. The molecule has 0 unspecified atom stereocenters. The highest BCUT2D eigenvalue weighted by molar-refractivity contribution is 6.44. The van der Waals surface area contributed by atoms with E-state index in [9.17, 15) is 14.4 Å². The Hall–Kier alpha value is -2.28. The van der Waals surface area contributed by atoms with Gasteiger partial charge in [0.1, 0.15) is 0 Å². The SMILES string of the molecule is O=C(CCCC(=O)OCC(=O)Nc1cccc(Cl)c1Cl)Nc1ccccc1Cl. The van der Waals surface area contributed by atoms with Crippen LogP contribution >= 0.6 is 34.8 Å². The van der Waals surface area contributed by atoms with Crippen LogP contribution in [0.15, 0.2) is 42.5 Å². The Balaban J connectivity index is 1.67. The van der Waals surface area contributed by atoms with Gasteiger partial charge in [-0.3, -0.25) is 14.4 Å². The second kappa shape index (κ2) is 10.9. The first kappa shape index (κ1) is 22.0. The maximum absolute atomic E-state index is 11.9. The van der Waals surface area contributed by atoms with Gasteiger partial charge in [0.05, 0.1) is 26.4 Å². The number of ether oxygens (including phenoxy) is 1. The minimum absolute atomic E-state index is 0.00113. The van der Waals surface area contributed by atoms with Gasteiger partial charge in [-0.2, -0.15) is 0 Å². The van der Waals surface area contributed by atoms with Gasteiger partial charge >= 0.3 is 5.97 Å². The van der Waals surface area contributed by atoms with Gasteiger partial charge in [0.2, 0.25) is 5.91 Å². The summed E-state index contributed by atoms with van der Waals surface area (Å²) in [7, 11) is 0. The van der Waals surface area contributed by atoms with E-state index in [0.717, 1.165) is 0 Å². The molecule has 0 saturated heterocycles. The van der Waals surface area contributed by atoms with Gasteiger partial charge in [-0.25, -0.2) is 0 Å². The van der Waals surface area contributed by atoms with Crippen molar-refractivity contribution in [1.29, 1.82) is 0 Å². The molecule has 148 valence electrons. The minimum atomic E-state index is -0.585. The second-order valence-electron chi connectivity index (χ2n) is 5.69. The average Bonchev–Trinajstić information content (AvgIpc) is 2.66. The van der Waals surface area contributed by atoms with Crippen molar-refractivity contribution in [2.24, 2.45) is 0 Å². The minimum Gasteiger partial charge on any atom is -0.456 e. The van der Waals surface area contributed by atoms with Crippen molar-refractivity contribution in [1.82, 2.24) is 0 Å². The molecule has 0 aromatic heterocycles. The molecular formula is C19H17Cl3N2O4. The number of rotatable bonds is 8. The van der Waals surface area contributed by atoms with Crippen LogP contribution in [0, 0.1) is 0 Å². The van der Waals surface area contributed by atoms with Crippen LogP contribution in [0.3, 0.4) is 0 Å². The Morgan fingerprint density at radius 2 is 1.43 bits per heavy atom. The van der Waals surface area contributed by atoms with E-state index in [1.807, 2.05) is 0 Å². The van der Waals surface area contributed by atoms with Crippen LogP contribution in [0.25, 0.3) is 0 Å². The third-order valence-corrected chi connectivity index (χ3v) is 4.67. The normalized spacial score (nSPS) is 10.2. The van der Waals surface area contributed by atoms with E-state index in [4.69, 9.17) is 39.5 Å². The van der Waals surface area contributed by atoms with E-state index in [0.29, 0.717) is 21.4 Å². The fourth-order valence-corrected chi connectivity index (χ4v) is 2.70. The lowest BCUT2D eigenvalue weighted by atomic mass is 10.2. The van der Waals surface area contributed by atoms with Crippen LogP contribution < -0.4 is 10.6 Å². The summed E-state index contributed by atoms with van der Waals surface area (Å²) in [4.78, 5) is 35.4. The molecule has 0 bridgehead atoms. The zero-order chi connectivity index (χ0) is 20.5. The van der Waals surface area contributed by atoms with Crippen molar-refractivity contribution < 1.29 is 19.1 Å². The molecule has 0 aliphatic carbocycles. The molecule has 0 aliphatic heterocycles. The molecule has 0 heterocycles. The van der Waals surface area contributed by atoms with Crippen molar-refractivity contribution in [3.8, 4) is 0 Å². The number of esters is 1. The van der Waals surface area contributed by atoms with Gasteiger partial charge in [-0.15, -0.1) is 0 Å². The van der Waals surface area contributed by atoms with Gasteiger partial charge < -0.3 is 15.4 Å². The van der Waals surface area contributed by atoms with E-state index in [-0.39, 0.29) is 30.2 Å². The summed E-state index contributed by atoms with van der Waals surface area (Å²) in [6.07, 6.45) is 0.392. The quantitative estimate of drug-likeness (QED) is 0.566. The molecule has 0 radical (unpaired) electrons. The summed E-state index contributed by atoms with van der Waals surface area (Å²) in [5.74, 6) is -1.40. The van der Waals surface area contributed by atoms with Crippen molar-refractivity contribution in [2.45, 2.75) is 19.3 Å². The highest BCUT2D eigenvalue weighted by atomic mass is 35.5. The standard InChI is InChI=1S/C19H17Cl3N2O4/c20-12-5-1-2-7-14(12)23-16(25)9-4-10-18(27)28-11-17(26)24-15-8-3-6-13(21)19(15)22/h1-3,5-8H,4,9-11H2,(H,23,25)(H,24,26). The Morgan fingerprint density at radius 1 is 0.786 bits per heavy atom. The van der Waals surface area contributed by atoms with Gasteiger partial charge in [0, 0.05) is 12.8 Å². The lowest BCUT2D eigenvalue weighted by Crippen LogP contribution is -2.21. The van der Waals surface area contributed by atoms with Crippen molar-refractivity contribution >= 4 is 64.0 Å². The smallest absolute Gasteiger partial charge is 0.306 e. The largest absolute Gasteiger partial charge is 0.456 e. The zero-order valence-electron chi connectivity index (χ0n) is 14.6. The first-order valence-corrected chi connectivity index (χ1v) is 9.44. The number of para-hydroxylation sites is 1. The molecule has 0 atom stereocenters. The lowest BCUT2D eigenvalue weighted by molar-refractivity contribution is -0.147. The molecule has 0 saturated carbocycles. The molecule has 0 fully saturated rings. The van der Waals surface area contributed by atoms with Crippen molar-refractivity contribution in [3.05, 3.63) is 57.5 Å². The molecule has 0 spiro atoms. The van der Waals surface area contributed by atoms with Crippen molar-refractivity contribution in [2.75, 3.05) is 17.2 Å². The van der Waals surface area contributed by atoms with Gasteiger partial charge in [-0.1, -0.05) is 53.0 Å². The predicted octanol–water partition coefficient (Wildman–Crippen LogP) is 4.94. The predicted molar refractivity (Wildman–Crippen MR) is 110 cm³/mol. The Labute approximate surface area is 177 Å². The maximum Gasteiger partial charge on any atom is 0.306 e. The van der Waals surface area contributed by atoms with E-state index in [1.165, 1.54) is 0 Å². The summed E-state index contributed by atoms with van der Waals surface area (Å²) in [5, 5.41) is 6.10. The fraction of sp³-hybridized carbons (Fsp3) is 0.211. The second-order valence-corrected chi connectivity index (χ2v) is 6.88. The van der Waals surface area contributed by atoms with E-state index >= 15 is 0 Å². The lowest BCUT2D eigenvalue weighted by Gasteiger charge is -2.09. The number of hydrogen-bond donors (Lipinski definition) is 2. The molecule has 0 aliphatic rings. The molecule has 2 N–H and O–H groups in total. The fourth-order valence-electron chi connectivity index (χ4n) is 2.17. The van der Waals surface area contributed by atoms with Gasteiger partial charge in [-0.05, 0) is 30.7 Å². The zero-order valence-corrected chi connectivity index (χ0v) is 16.9. The Kier molecular flexibility index (Phi) is 8.57. The van der Waals surface area contributed by atoms with E-state index in [1.54, 1.807) is 42.5 Å².